The van der Waals surface area contributed by atoms with E-state index in [0.717, 1.165) is 61.7 Å². The molecule has 7 rings (SSSR count). The van der Waals surface area contributed by atoms with E-state index in [0.29, 0.717) is 30.1 Å². The van der Waals surface area contributed by atoms with Crippen molar-refractivity contribution in [3.63, 3.8) is 0 Å². The van der Waals surface area contributed by atoms with E-state index in [1.54, 1.807) is 6.92 Å². The molecule has 5 aliphatic rings. The minimum absolute atomic E-state index is 0.0431. The minimum atomic E-state index is -4.49. The number of nitrogens with zero attached hydrogens (tertiary/aromatic N) is 4. The maximum Gasteiger partial charge on any atom is 0.416 e. The summed E-state index contributed by atoms with van der Waals surface area (Å²) in [6, 6.07) is 2.95. The third-order valence-electron chi connectivity index (χ3n) is 7.60. The van der Waals surface area contributed by atoms with Gasteiger partial charge in [-0.25, -0.2) is 0 Å². The van der Waals surface area contributed by atoms with Crippen LogP contribution in [0.3, 0.4) is 0 Å². The van der Waals surface area contributed by atoms with Gasteiger partial charge in [0, 0.05) is 30.0 Å². The summed E-state index contributed by atoms with van der Waals surface area (Å²) in [5, 5.41) is 3.25. The molecule has 2 aliphatic heterocycles. The fourth-order valence-corrected chi connectivity index (χ4v) is 5.74. The number of fused-ring (bicyclic) bond motifs is 3. The average molecular weight is 458 g/mol. The van der Waals surface area contributed by atoms with E-state index in [-0.39, 0.29) is 17.0 Å². The van der Waals surface area contributed by atoms with Gasteiger partial charge in [0.05, 0.1) is 30.1 Å². The normalized spacial score (nSPS) is 26.2. The number of carbonyl (C=O) groups excluding carboxylic acids is 1. The second-order valence-electron chi connectivity index (χ2n) is 9.87. The van der Waals surface area contributed by atoms with Gasteiger partial charge in [0.1, 0.15) is 0 Å². The van der Waals surface area contributed by atoms with Gasteiger partial charge < -0.3 is 20.5 Å². The number of rotatable bonds is 3. The number of amides is 1. The van der Waals surface area contributed by atoms with Crippen molar-refractivity contribution in [3.8, 4) is 0 Å². The van der Waals surface area contributed by atoms with Crippen LogP contribution < -0.4 is 16.5 Å². The van der Waals surface area contributed by atoms with E-state index >= 15 is 0 Å². The molecule has 3 saturated carbocycles. The molecule has 1 aromatic heterocycles. The van der Waals surface area contributed by atoms with E-state index in [2.05, 4.69) is 14.9 Å². The Hall–Kier alpha value is -3.04. The largest absolute Gasteiger partial charge is 0.416 e. The van der Waals surface area contributed by atoms with Crippen molar-refractivity contribution in [2.75, 3.05) is 17.6 Å². The third kappa shape index (κ3) is 3.13. The maximum atomic E-state index is 13.3. The van der Waals surface area contributed by atoms with Crippen molar-refractivity contribution in [2.24, 2.45) is 16.3 Å². The molecule has 1 atom stereocenters. The first kappa shape index (κ1) is 20.6. The van der Waals surface area contributed by atoms with Gasteiger partial charge in [0.2, 0.25) is 11.9 Å². The molecule has 33 heavy (non-hydrogen) atoms. The molecule has 10 heteroatoms. The summed E-state index contributed by atoms with van der Waals surface area (Å²) >= 11 is 0. The first-order valence-corrected chi connectivity index (χ1v) is 11.3. The summed E-state index contributed by atoms with van der Waals surface area (Å²) in [7, 11) is 0. The van der Waals surface area contributed by atoms with Crippen molar-refractivity contribution in [3.05, 3.63) is 46.1 Å². The smallest absolute Gasteiger partial charge is 0.399 e. The lowest BCUT2D eigenvalue weighted by molar-refractivity contribution is -0.177. The number of nitrogens with two attached hydrogens (primary N) is 1. The number of anilines is 2. The Morgan fingerprint density at radius 1 is 1.27 bits per heavy atom. The zero-order valence-corrected chi connectivity index (χ0v) is 18.2. The maximum absolute atomic E-state index is 13.3. The number of alkyl halides is 3. The molecule has 3 heterocycles. The lowest BCUT2D eigenvalue weighted by Gasteiger charge is -2.61. The van der Waals surface area contributed by atoms with Crippen LogP contribution in [0.4, 0.5) is 24.8 Å². The number of halogens is 3. The van der Waals surface area contributed by atoms with Crippen LogP contribution in [0, 0.1) is 11.3 Å². The summed E-state index contributed by atoms with van der Waals surface area (Å²) in [5.41, 5.74) is 7.59. The average Bonchev–Trinajstić information content (AvgIpc) is 3.31. The second-order valence-corrected chi connectivity index (χ2v) is 9.87. The van der Waals surface area contributed by atoms with Gasteiger partial charge in [-0.15, -0.1) is 0 Å². The molecule has 0 unspecified atom stereocenters. The number of nitrogen functional groups attached to an aromatic ring is 1. The molecule has 0 spiro atoms. The van der Waals surface area contributed by atoms with Gasteiger partial charge >= 0.3 is 6.18 Å². The third-order valence-corrected chi connectivity index (χ3v) is 7.60. The number of aromatic nitrogens is 2. The lowest BCUT2D eigenvalue weighted by Crippen LogP contribution is -2.60. The SMILES string of the molecule is C[C@@H](N=c1nc2n(c3c1CN(C(=O)C14CC(C1)C4)C3)CCN2)c1cc(N)cc(C(F)(F)F)c1. The molecule has 3 N–H and O–H groups in total. The van der Waals surface area contributed by atoms with E-state index < -0.39 is 17.8 Å². The molecule has 1 aromatic carbocycles. The zero-order chi connectivity index (χ0) is 23.1. The number of nitrogens with one attached hydrogen (secondary N) is 1. The molecule has 1 amide bonds. The van der Waals surface area contributed by atoms with Crippen LogP contribution in [0.15, 0.2) is 23.2 Å². The topological polar surface area (TPSA) is 88.5 Å². The Kier molecular flexibility index (Phi) is 4.20. The quantitative estimate of drug-likeness (QED) is 0.692. The van der Waals surface area contributed by atoms with E-state index in [1.807, 2.05) is 4.90 Å². The fourth-order valence-electron chi connectivity index (χ4n) is 5.74. The molecular formula is C23H25F3N6O. The van der Waals surface area contributed by atoms with E-state index in [4.69, 9.17) is 10.7 Å². The lowest BCUT2D eigenvalue weighted by atomic mass is 9.44. The van der Waals surface area contributed by atoms with Gasteiger partial charge in [0.15, 0.2) is 5.49 Å². The van der Waals surface area contributed by atoms with Crippen LogP contribution in [-0.4, -0.2) is 26.9 Å². The minimum Gasteiger partial charge on any atom is -0.399 e. The number of hydrogen-bond acceptors (Lipinski definition) is 5. The Morgan fingerprint density at radius 3 is 2.70 bits per heavy atom. The predicted molar refractivity (Wildman–Crippen MR) is 115 cm³/mol. The van der Waals surface area contributed by atoms with Gasteiger partial charge in [-0.1, -0.05) is 0 Å². The van der Waals surface area contributed by atoms with Gasteiger partial charge in [0.25, 0.3) is 0 Å². The Balaban J connectivity index is 1.38. The van der Waals surface area contributed by atoms with Crippen LogP contribution in [0.5, 0.6) is 0 Å². The molecule has 7 nitrogen and oxygen atoms in total. The number of hydrogen-bond donors (Lipinski definition) is 2. The highest BCUT2D eigenvalue weighted by Gasteiger charge is 2.62. The van der Waals surface area contributed by atoms with Crippen LogP contribution in [0.25, 0.3) is 0 Å². The predicted octanol–water partition coefficient (Wildman–Crippen LogP) is 3.21. The Morgan fingerprint density at radius 2 is 2.03 bits per heavy atom. The number of carbonyl (C=O) groups is 1. The molecule has 3 aliphatic carbocycles. The summed E-state index contributed by atoms with van der Waals surface area (Å²) < 4.78 is 41.9. The Bertz CT molecular complexity index is 1230. The second kappa shape index (κ2) is 6.74. The highest BCUT2D eigenvalue weighted by Crippen LogP contribution is 2.65. The van der Waals surface area contributed by atoms with Crippen molar-refractivity contribution in [2.45, 2.75) is 58.0 Å². The van der Waals surface area contributed by atoms with Gasteiger partial charge in [-0.05, 0) is 55.9 Å². The van der Waals surface area contributed by atoms with Crippen molar-refractivity contribution in [1.29, 1.82) is 0 Å². The monoisotopic (exact) mass is 458 g/mol. The molecule has 2 bridgehead atoms. The first-order valence-electron chi connectivity index (χ1n) is 11.3. The van der Waals surface area contributed by atoms with Crippen LogP contribution >= 0.6 is 0 Å². The van der Waals surface area contributed by atoms with Gasteiger partial charge in [-0.2, -0.15) is 18.2 Å². The summed E-state index contributed by atoms with van der Waals surface area (Å²) in [6.45, 7) is 4.19. The van der Waals surface area contributed by atoms with Crippen LogP contribution in [-0.2, 0) is 30.6 Å². The molecule has 0 saturated heterocycles. The van der Waals surface area contributed by atoms with Crippen LogP contribution in [0.1, 0.15) is 54.6 Å². The standard InChI is InChI=1S/C23H25F3N6O/c1-12(14-4-15(23(24,25)26)6-16(27)5-14)29-19-17-10-31(20(33)22-7-13(8-22)9-22)11-18(17)32-3-2-28-21(32)30-19/h4-6,12-13H,2-3,7-11,27H2,1H3,(H,28,29,30)/t12-,13?,22?/m1/s1. The summed E-state index contributed by atoms with van der Waals surface area (Å²) in [5.74, 6) is 1.61. The van der Waals surface area contributed by atoms with Crippen molar-refractivity contribution in [1.82, 2.24) is 14.5 Å². The van der Waals surface area contributed by atoms with Crippen molar-refractivity contribution < 1.29 is 18.0 Å². The van der Waals surface area contributed by atoms with Gasteiger partial charge in [-0.3, -0.25) is 9.79 Å². The van der Waals surface area contributed by atoms with Crippen molar-refractivity contribution >= 4 is 17.5 Å². The zero-order valence-electron chi connectivity index (χ0n) is 18.2. The molecule has 3 fully saturated rings. The molecule has 174 valence electrons. The molecular weight excluding hydrogens is 433 g/mol. The van der Waals surface area contributed by atoms with E-state index in [9.17, 15) is 18.0 Å². The number of benzene rings is 1. The summed E-state index contributed by atoms with van der Waals surface area (Å²) in [4.78, 5) is 24.5. The molecule has 2 aromatic rings. The van der Waals surface area contributed by atoms with E-state index in [1.165, 1.54) is 6.07 Å². The Labute approximate surface area is 188 Å². The first-order chi connectivity index (χ1) is 15.6. The highest BCUT2D eigenvalue weighted by molar-refractivity contribution is 5.86. The van der Waals surface area contributed by atoms with Crippen LogP contribution in [0.2, 0.25) is 0 Å². The highest BCUT2D eigenvalue weighted by atomic mass is 19.4. The molecule has 0 radical (unpaired) electrons. The summed E-state index contributed by atoms with van der Waals surface area (Å²) in [6.07, 6.45) is -1.50. The fraction of sp³-hybridized carbons (Fsp3) is 0.522.